The third-order valence-electron chi connectivity index (χ3n) is 2.98. The summed E-state index contributed by atoms with van der Waals surface area (Å²) in [6, 6.07) is 10.1. The summed E-state index contributed by atoms with van der Waals surface area (Å²) in [7, 11) is 1.67. The summed E-state index contributed by atoms with van der Waals surface area (Å²) in [6.45, 7) is 3.97. The summed E-state index contributed by atoms with van der Waals surface area (Å²) in [6.07, 6.45) is 1.47. The van der Waals surface area contributed by atoms with Crippen LogP contribution in [0.1, 0.15) is 29.7 Å². The molecule has 4 nitrogen and oxygen atoms in total. The smallest absolute Gasteiger partial charge is 0.133 e. The van der Waals surface area contributed by atoms with E-state index in [4.69, 9.17) is 10.5 Å². The van der Waals surface area contributed by atoms with Crippen molar-refractivity contribution in [2.24, 2.45) is 5.73 Å². The van der Waals surface area contributed by atoms with E-state index >= 15 is 0 Å². The largest absolute Gasteiger partial charge is 0.497 e. The normalized spacial score (nSPS) is 12.2. The molecule has 0 radical (unpaired) electrons. The first-order chi connectivity index (χ1) is 9.56. The van der Waals surface area contributed by atoms with Crippen molar-refractivity contribution in [3.63, 3.8) is 0 Å². The summed E-state index contributed by atoms with van der Waals surface area (Å²) < 4.78 is 5.24. The zero-order chi connectivity index (χ0) is 14.5. The first-order valence-corrected chi connectivity index (χ1v) is 6.79. The number of nitrogens with zero attached hydrogens (tertiary/aromatic N) is 2. The highest BCUT2D eigenvalue weighted by Crippen LogP contribution is 2.15. The second-order valence-electron chi connectivity index (χ2n) is 5.13. The van der Waals surface area contributed by atoms with Gasteiger partial charge in [-0.05, 0) is 37.6 Å². The van der Waals surface area contributed by atoms with Crippen LogP contribution < -0.4 is 10.5 Å². The molecule has 0 aliphatic carbocycles. The maximum atomic E-state index is 5.84. The average molecular weight is 271 g/mol. The summed E-state index contributed by atoms with van der Waals surface area (Å²) in [5.74, 6) is 1.68. The second-order valence-corrected chi connectivity index (χ2v) is 5.13. The molecule has 1 aromatic heterocycles. The predicted molar refractivity (Wildman–Crippen MR) is 79.9 cm³/mol. The van der Waals surface area contributed by atoms with Crippen LogP contribution in [-0.2, 0) is 12.8 Å². The van der Waals surface area contributed by atoms with E-state index in [1.807, 2.05) is 38.1 Å². The zero-order valence-electron chi connectivity index (χ0n) is 12.3. The highest BCUT2D eigenvalue weighted by atomic mass is 16.5. The molecular weight excluding hydrogens is 250 g/mol. The fraction of sp³-hybridized carbons (Fsp3) is 0.375. The van der Waals surface area contributed by atoms with Gasteiger partial charge in [0.25, 0.3) is 0 Å². The second kappa shape index (κ2) is 6.48. The van der Waals surface area contributed by atoms with Gasteiger partial charge in [-0.15, -0.1) is 0 Å². The van der Waals surface area contributed by atoms with Crippen molar-refractivity contribution < 1.29 is 4.74 Å². The number of benzene rings is 1. The lowest BCUT2D eigenvalue weighted by Gasteiger charge is -2.09. The molecule has 0 bridgehead atoms. The van der Waals surface area contributed by atoms with Gasteiger partial charge in [0.05, 0.1) is 7.11 Å². The molecule has 20 heavy (non-hydrogen) atoms. The first-order valence-electron chi connectivity index (χ1n) is 6.79. The Labute approximate surface area is 120 Å². The third-order valence-corrected chi connectivity index (χ3v) is 2.98. The topological polar surface area (TPSA) is 61.0 Å². The van der Waals surface area contributed by atoms with E-state index < -0.39 is 0 Å². The number of rotatable bonds is 5. The lowest BCUT2D eigenvalue weighted by Crippen LogP contribution is -2.19. The number of aromatic nitrogens is 2. The highest BCUT2D eigenvalue weighted by Gasteiger charge is 2.06. The Morgan fingerprint density at radius 3 is 2.75 bits per heavy atom. The van der Waals surface area contributed by atoms with Crippen molar-refractivity contribution in [3.05, 3.63) is 53.1 Å². The Bertz CT molecular complexity index is 582. The minimum atomic E-state index is 0.106. The number of hydrogen-bond acceptors (Lipinski definition) is 4. The van der Waals surface area contributed by atoms with E-state index in [0.717, 1.165) is 34.9 Å². The van der Waals surface area contributed by atoms with Crippen LogP contribution in [0.5, 0.6) is 5.75 Å². The van der Waals surface area contributed by atoms with Gasteiger partial charge in [-0.3, -0.25) is 0 Å². The molecule has 0 fully saturated rings. The van der Waals surface area contributed by atoms with Crippen molar-refractivity contribution in [3.8, 4) is 5.75 Å². The Morgan fingerprint density at radius 1 is 1.25 bits per heavy atom. The lowest BCUT2D eigenvalue weighted by molar-refractivity contribution is 0.414. The van der Waals surface area contributed by atoms with Gasteiger partial charge < -0.3 is 10.5 Å². The molecule has 0 aliphatic rings. The number of nitrogens with two attached hydrogens (primary N) is 1. The lowest BCUT2D eigenvalue weighted by atomic mass is 10.1. The Hall–Kier alpha value is -1.94. The quantitative estimate of drug-likeness (QED) is 0.906. The van der Waals surface area contributed by atoms with Crippen molar-refractivity contribution in [1.29, 1.82) is 0 Å². The van der Waals surface area contributed by atoms with E-state index in [2.05, 4.69) is 16.0 Å². The zero-order valence-corrected chi connectivity index (χ0v) is 12.3. The van der Waals surface area contributed by atoms with Gasteiger partial charge in [0.1, 0.15) is 11.6 Å². The van der Waals surface area contributed by atoms with Gasteiger partial charge in [0, 0.05) is 30.3 Å². The Balaban J connectivity index is 2.21. The van der Waals surface area contributed by atoms with Crippen molar-refractivity contribution in [2.45, 2.75) is 32.7 Å². The SMILES string of the molecule is COc1cccc(Cc2nc(C)cc(CC(C)N)n2)c1. The summed E-state index contributed by atoms with van der Waals surface area (Å²) >= 11 is 0. The summed E-state index contributed by atoms with van der Waals surface area (Å²) in [5.41, 5.74) is 8.96. The Morgan fingerprint density at radius 2 is 2.05 bits per heavy atom. The van der Waals surface area contributed by atoms with E-state index in [1.54, 1.807) is 7.11 Å². The molecule has 4 heteroatoms. The van der Waals surface area contributed by atoms with E-state index in [9.17, 15) is 0 Å². The molecule has 2 N–H and O–H groups in total. The van der Waals surface area contributed by atoms with E-state index in [-0.39, 0.29) is 6.04 Å². The van der Waals surface area contributed by atoms with Crippen LogP contribution in [0.25, 0.3) is 0 Å². The van der Waals surface area contributed by atoms with Gasteiger partial charge >= 0.3 is 0 Å². The molecule has 1 atom stereocenters. The van der Waals surface area contributed by atoms with Crippen molar-refractivity contribution in [1.82, 2.24) is 9.97 Å². The molecule has 0 aliphatic heterocycles. The number of ether oxygens (including phenoxy) is 1. The minimum Gasteiger partial charge on any atom is -0.497 e. The monoisotopic (exact) mass is 271 g/mol. The van der Waals surface area contributed by atoms with Gasteiger partial charge in [-0.25, -0.2) is 9.97 Å². The molecule has 2 aromatic rings. The molecule has 0 amide bonds. The van der Waals surface area contributed by atoms with Crippen LogP contribution in [0, 0.1) is 6.92 Å². The number of aryl methyl sites for hydroxylation is 1. The third kappa shape index (κ3) is 4.03. The van der Waals surface area contributed by atoms with Crippen LogP contribution >= 0.6 is 0 Å². The standard InChI is InChI=1S/C16H21N3O/c1-11(17)7-14-8-12(2)18-16(19-14)10-13-5-4-6-15(9-13)20-3/h4-6,8-9,11H,7,10,17H2,1-3H3. The predicted octanol–water partition coefficient (Wildman–Crippen LogP) is 2.27. The van der Waals surface area contributed by atoms with Crippen LogP contribution in [0.15, 0.2) is 30.3 Å². The molecule has 0 saturated heterocycles. The van der Waals surface area contributed by atoms with Crippen LogP contribution in [0.3, 0.4) is 0 Å². The average Bonchev–Trinajstić information content (AvgIpc) is 2.37. The molecular formula is C16H21N3O. The number of hydrogen-bond donors (Lipinski definition) is 1. The molecule has 1 aromatic carbocycles. The maximum Gasteiger partial charge on any atom is 0.133 e. The molecule has 2 rings (SSSR count). The summed E-state index contributed by atoms with van der Waals surface area (Å²) in [5, 5.41) is 0. The molecule has 0 spiro atoms. The van der Waals surface area contributed by atoms with Crippen LogP contribution in [0.2, 0.25) is 0 Å². The molecule has 1 heterocycles. The van der Waals surface area contributed by atoms with Crippen molar-refractivity contribution >= 4 is 0 Å². The van der Waals surface area contributed by atoms with Gasteiger partial charge in [-0.2, -0.15) is 0 Å². The van der Waals surface area contributed by atoms with Gasteiger partial charge in [0.15, 0.2) is 0 Å². The van der Waals surface area contributed by atoms with Crippen molar-refractivity contribution in [2.75, 3.05) is 7.11 Å². The van der Waals surface area contributed by atoms with Gasteiger partial charge in [0.2, 0.25) is 0 Å². The fourth-order valence-corrected chi connectivity index (χ4v) is 2.18. The minimum absolute atomic E-state index is 0.106. The van der Waals surface area contributed by atoms with Crippen LogP contribution in [0.4, 0.5) is 0 Å². The van der Waals surface area contributed by atoms with Crippen LogP contribution in [-0.4, -0.2) is 23.1 Å². The van der Waals surface area contributed by atoms with E-state index in [1.165, 1.54) is 0 Å². The highest BCUT2D eigenvalue weighted by molar-refractivity contribution is 5.30. The number of methoxy groups -OCH3 is 1. The Kier molecular flexibility index (Phi) is 4.69. The fourth-order valence-electron chi connectivity index (χ4n) is 2.18. The molecule has 106 valence electrons. The maximum absolute atomic E-state index is 5.84. The van der Waals surface area contributed by atoms with E-state index in [0.29, 0.717) is 6.42 Å². The molecule has 0 saturated carbocycles. The summed E-state index contributed by atoms with van der Waals surface area (Å²) in [4.78, 5) is 9.09. The molecule has 1 unspecified atom stereocenters. The first kappa shape index (κ1) is 14.5. The van der Waals surface area contributed by atoms with Gasteiger partial charge in [-0.1, -0.05) is 12.1 Å².